The summed E-state index contributed by atoms with van der Waals surface area (Å²) in [5.41, 5.74) is 2.69. The van der Waals surface area contributed by atoms with Crippen molar-refractivity contribution in [2.75, 3.05) is 7.05 Å². The van der Waals surface area contributed by atoms with E-state index in [2.05, 4.69) is 24.4 Å². The summed E-state index contributed by atoms with van der Waals surface area (Å²) in [7, 11) is 1.80. The molecule has 0 aliphatic rings. The predicted molar refractivity (Wildman–Crippen MR) is 37.0 cm³/mol. The lowest BCUT2D eigenvalue weighted by Gasteiger charge is -1.94. The van der Waals surface area contributed by atoms with Crippen molar-refractivity contribution >= 4 is 6.21 Å². The van der Waals surface area contributed by atoms with Crippen LogP contribution in [-0.2, 0) is 0 Å². The first-order chi connectivity index (χ1) is 3.77. The van der Waals surface area contributed by atoms with Gasteiger partial charge in [0.15, 0.2) is 0 Å². The van der Waals surface area contributed by atoms with Crippen LogP contribution in [0.1, 0.15) is 20.3 Å². The van der Waals surface area contributed by atoms with Gasteiger partial charge in [0.25, 0.3) is 0 Å². The lowest BCUT2D eigenvalue weighted by Crippen LogP contribution is -1.95. The van der Waals surface area contributed by atoms with Crippen LogP contribution in [0.2, 0.25) is 0 Å². The Labute approximate surface area is 51.0 Å². The molecule has 0 bridgehead atoms. The van der Waals surface area contributed by atoms with E-state index in [9.17, 15) is 0 Å². The first-order valence-electron chi connectivity index (χ1n) is 2.95. The second kappa shape index (κ2) is 4.62. The Morgan fingerprint density at radius 2 is 2.25 bits per heavy atom. The molecule has 0 rings (SSSR count). The van der Waals surface area contributed by atoms with Crippen molar-refractivity contribution < 1.29 is 0 Å². The summed E-state index contributed by atoms with van der Waals surface area (Å²) in [6, 6.07) is 0. The maximum Gasteiger partial charge on any atom is 0.0245 e. The highest BCUT2D eigenvalue weighted by Gasteiger charge is 1.85. The average Bonchev–Trinajstić information content (AvgIpc) is 1.66. The van der Waals surface area contributed by atoms with E-state index < -0.39 is 0 Å². The Morgan fingerprint density at radius 3 is 2.62 bits per heavy atom. The Hall–Kier alpha value is -0.530. The Morgan fingerprint density at radius 1 is 1.62 bits per heavy atom. The fourth-order valence-corrected chi connectivity index (χ4v) is 0.355. The molecule has 0 radical (unpaired) electrons. The van der Waals surface area contributed by atoms with Crippen LogP contribution in [0.25, 0.3) is 0 Å². The molecule has 8 heavy (non-hydrogen) atoms. The van der Waals surface area contributed by atoms with Gasteiger partial charge in [-0.1, -0.05) is 13.8 Å². The van der Waals surface area contributed by atoms with Crippen LogP contribution in [0.4, 0.5) is 0 Å². The van der Waals surface area contributed by atoms with Crippen LogP contribution in [0.3, 0.4) is 0 Å². The lowest BCUT2D eigenvalue weighted by molar-refractivity contribution is 0.686. The van der Waals surface area contributed by atoms with Crippen LogP contribution in [0.15, 0.2) is 5.10 Å². The molecule has 0 amide bonds. The molecular weight excluding hydrogens is 100 g/mol. The molecule has 1 N–H and O–H groups in total. The summed E-state index contributed by atoms with van der Waals surface area (Å²) in [5, 5.41) is 3.84. The highest BCUT2D eigenvalue weighted by Crippen LogP contribution is 1.93. The summed E-state index contributed by atoms with van der Waals surface area (Å²) >= 11 is 0. The Kier molecular flexibility index (Phi) is 4.32. The average molecular weight is 114 g/mol. The third kappa shape index (κ3) is 5.47. The summed E-state index contributed by atoms with van der Waals surface area (Å²) in [6.45, 7) is 4.34. The van der Waals surface area contributed by atoms with Gasteiger partial charge in [0, 0.05) is 13.3 Å². The van der Waals surface area contributed by atoms with Gasteiger partial charge in [-0.2, -0.15) is 5.10 Å². The number of hydrogen-bond donors (Lipinski definition) is 1. The molecule has 0 atom stereocenters. The molecule has 0 aromatic carbocycles. The number of nitrogens with zero attached hydrogens (tertiary/aromatic N) is 1. The molecule has 2 heteroatoms. The van der Waals surface area contributed by atoms with Crippen molar-refractivity contribution in [1.82, 2.24) is 5.43 Å². The van der Waals surface area contributed by atoms with Crippen molar-refractivity contribution in [3.05, 3.63) is 0 Å². The molecular formula is C6H14N2. The van der Waals surface area contributed by atoms with Gasteiger partial charge in [-0.05, 0) is 12.3 Å². The molecule has 0 aliphatic heterocycles. The van der Waals surface area contributed by atoms with Gasteiger partial charge in [-0.3, -0.25) is 0 Å². The van der Waals surface area contributed by atoms with Crippen LogP contribution in [0, 0.1) is 5.92 Å². The Bertz CT molecular complexity index is 66.9. The van der Waals surface area contributed by atoms with Gasteiger partial charge in [0.2, 0.25) is 0 Å². The van der Waals surface area contributed by atoms with E-state index in [-0.39, 0.29) is 0 Å². The maximum atomic E-state index is 3.84. The van der Waals surface area contributed by atoms with Crippen LogP contribution < -0.4 is 5.43 Å². The number of hydrazone groups is 1. The Balaban J connectivity index is 3.03. The highest BCUT2D eigenvalue weighted by atomic mass is 15.3. The smallest absolute Gasteiger partial charge is 0.0245 e. The maximum absolute atomic E-state index is 3.84. The first kappa shape index (κ1) is 7.47. The molecule has 2 nitrogen and oxygen atoms in total. The zero-order valence-electron chi connectivity index (χ0n) is 5.81. The predicted octanol–water partition coefficient (Wildman–Crippen LogP) is 1.24. The second-order valence-corrected chi connectivity index (χ2v) is 2.16. The minimum atomic E-state index is 0.715. The monoisotopic (exact) mass is 114 g/mol. The van der Waals surface area contributed by atoms with Crippen LogP contribution in [-0.4, -0.2) is 13.3 Å². The fraction of sp³-hybridized carbons (Fsp3) is 0.833. The van der Waals surface area contributed by atoms with Crippen LogP contribution in [0.5, 0.6) is 0 Å². The normalized spacial score (nSPS) is 11.0. The molecule has 0 aromatic heterocycles. The van der Waals surface area contributed by atoms with Crippen molar-refractivity contribution in [2.24, 2.45) is 11.0 Å². The molecule has 0 saturated carbocycles. The highest BCUT2D eigenvalue weighted by molar-refractivity contribution is 5.56. The van der Waals surface area contributed by atoms with Gasteiger partial charge in [-0.15, -0.1) is 0 Å². The molecule has 0 aliphatic carbocycles. The van der Waals surface area contributed by atoms with Gasteiger partial charge in [0.05, 0.1) is 0 Å². The minimum absolute atomic E-state index is 0.715. The van der Waals surface area contributed by atoms with E-state index in [0.717, 1.165) is 6.42 Å². The summed E-state index contributed by atoms with van der Waals surface area (Å²) in [5.74, 6) is 0.715. The van der Waals surface area contributed by atoms with Crippen molar-refractivity contribution in [1.29, 1.82) is 0 Å². The molecule has 0 aromatic rings. The molecule has 0 spiro atoms. The van der Waals surface area contributed by atoms with E-state index >= 15 is 0 Å². The lowest BCUT2D eigenvalue weighted by atomic mass is 10.2. The quantitative estimate of drug-likeness (QED) is 0.433. The van der Waals surface area contributed by atoms with Crippen LogP contribution >= 0.6 is 0 Å². The van der Waals surface area contributed by atoms with Crippen molar-refractivity contribution in [3.63, 3.8) is 0 Å². The van der Waals surface area contributed by atoms with Gasteiger partial charge >= 0.3 is 0 Å². The van der Waals surface area contributed by atoms with Crippen molar-refractivity contribution in [2.45, 2.75) is 20.3 Å². The van der Waals surface area contributed by atoms with E-state index in [1.165, 1.54) is 0 Å². The largest absolute Gasteiger partial charge is 0.313 e. The number of nitrogens with one attached hydrogen (secondary N) is 1. The number of hydrogen-bond acceptors (Lipinski definition) is 2. The van der Waals surface area contributed by atoms with E-state index in [1.54, 1.807) is 7.05 Å². The SMILES string of the molecule is CN/N=C/CC(C)C. The minimum Gasteiger partial charge on any atom is -0.313 e. The molecule has 0 unspecified atom stereocenters. The summed E-state index contributed by atoms with van der Waals surface area (Å²) < 4.78 is 0. The van der Waals surface area contributed by atoms with Gasteiger partial charge < -0.3 is 5.43 Å². The molecule has 48 valence electrons. The fourth-order valence-electron chi connectivity index (χ4n) is 0.355. The third-order valence-electron chi connectivity index (χ3n) is 0.797. The molecule has 0 heterocycles. The van der Waals surface area contributed by atoms with Gasteiger partial charge in [-0.25, -0.2) is 0 Å². The van der Waals surface area contributed by atoms with Crippen molar-refractivity contribution in [3.8, 4) is 0 Å². The summed E-state index contributed by atoms with van der Waals surface area (Å²) in [6.07, 6.45) is 2.95. The van der Waals surface area contributed by atoms with Gasteiger partial charge in [0.1, 0.15) is 0 Å². The number of rotatable bonds is 3. The van der Waals surface area contributed by atoms with E-state index in [1.807, 2.05) is 6.21 Å². The molecule has 0 saturated heterocycles. The zero-order valence-corrected chi connectivity index (χ0v) is 5.81. The van der Waals surface area contributed by atoms with E-state index in [0.29, 0.717) is 5.92 Å². The zero-order chi connectivity index (χ0) is 6.41. The first-order valence-corrected chi connectivity index (χ1v) is 2.95. The summed E-state index contributed by atoms with van der Waals surface area (Å²) in [4.78, 5) is 0. The molecule has 0 fully saturated rings. The second-order valence-electron chi connectivity index (χ2n) is 2.16. The topological polar surface area (TPSA) is 24.4 Å². The third-order valence-corrected chi connectivity index (χ3v) is 0.797. The van der Waals surface area contributed by atoms with E-state index in [4.69, 9.17) is 0 Å². The standard InChI is InChI=1S/C6H14N2/c1-6(2)4-5-8-7-3/h5-7H,4H2,1-3H3/b8-5+.